The molecule has 0 spiro atoms. The molecule has 3 aromatic rings. The Hall–Kier alpha value is -3.48. The van der Waals surface area contributed by atoms with Crippen molar-refractivity contribution in [1.82, 2.24) is 20.1 Å². The number of carbonyl (C=O) groups excluding carboxylic acids is 1. The summed E-state index contributed by atoms with van der Waals surface area (Å²) in [6.45, 7) is 3.83. The number of hydrogen-bond donors (Lipinski definition) is 1. The zero-order valence-corrected chi connectivity index (χ0v) is 15.3. The molecule has 2 aromatic carbocycles. The van der Waals surface area contributed by atoms with E-state index >= 15 is 0 Å². The van der Waals surface area contributed by atoms with Crippen LogP contribution in [0.4, 0.5) is 10.7 Å². The lowest BCUT2D eigenvalue weighted by Gasteiger charge is -2.09. The minimum atomic E-state index is -0.547. The number of aryl methyl sites for hydroxylation is 1. The highest BCUT2D eigenvalue weighted by molar-refractivity contribution is 5.97. The van der Waals surface area contributed by atoms with Crippen LogP contribution in [0.1, 0.15) is 18.3 Å². The maximum atomic E-state index is 11.9. The summed E-state index contributed by atoms with van der Waals surface area (Å²) in [5.74, 6) is 1.42. The first kappa shape index (κ1) is 18.3. The van der Waals surface area contributed by atoms with Crippen molar-refractivity contribution in [3.05, 3.63) is 72.1 Å². The molecule has 0 saturated carbocycles. The van der Waals surface area contributed by atoms with Gasteiger partial charge in [-0.2, -0.15) is 14.7 Å². The van der Waals surface area contributed by atoms with Gasteiger partial charge in [0.05, 0.1) is 12.3 Å². The lowest BCUT2D eigenvalue weighted by Crippen LogP contribution is -2.32. The fraction of sp³-hybridized carbons (Fsp3) is 0.200. The summed E-state index contributed by atoms with van der Waals surface area (Å²) in [4.78, 5) is 20.9. The molecule has 138 valence electrons. The Morgan fingerprint density at radius 2 is 1.78 bits per heavy atom. The van der Waals surface area contributed by atoms with E-state index in [1.54, 1.807) is 18.5 Å². The Morgan fingerprint density at radius 1 is 1.11 bits per heavy atom. The van der Waals surface area contributed by atoms with Gasteiger partial charge in [0.1, 0.15) is 11.7 Å². The number of aromatic nitrogens is 3. The Bertz CT molecular complexity index is 920. The van der Waals surface area contributed by atoms with E-state index in [1.807, 2.05) is 60.7 Å². The highest BCUT2D eigenvalue weighted by Crippen LogP contribution is 2.17. The van der Waals surface area contributed by atoms with Crippen molar-refractivity contribution in [2.45, 2.75) is 20.3 Å². The van der Waals surface area contributed by atoms with Crippen molar-refractivity contribution in [3.63, 3.8) is 0 Å². The minimum absolute atomic E-state index is 0.282. The lowest BCUT2D eigenvalue weighted by atomic mass is 10.1. The molecule has 1 heterocycles. The molecule has 0 fully saturated rings. The van der Waals surface area contributed by atoms with E-state index in [0.717, 1.165) is 11.3 Å². The molecule has 3 rings (SSSR count). The first-order valence-electron chi connectivity index (χ1n) is 8.70. The van der Waals surface area contributed by atoms with Gasteiger partial charge in [0.15, 0.2) is 0 Å². The molecule has 0 atom stereocenters. The Morgan fingerprint density at radius 3 is 2.44 bits per heavy atom. The third-order valence-electron chi connectivity index (χ3n) is 3.67. The van der Waals surface area contributed by atoms with Gasteiger partial charge in [0.25, 0.3) is 5.95 Å². The van der Waals surface area contributed by atoms with Gasteiger partial charge >= 0.3 is 6.09 Å². The molecule has 0 saturated heterocycles. The summed E-state index contributed by atoms with van der Waals surface area (Å²) in [5.41, 5.74) is 1.85. The molecule has 0 bridgehead atoms. The Balaban J connectivity index is 1.96. The summed E-state index contributed by atoms with van der Waals surface area (Å²) in [6.07, 6.45) is -0.116. The van der Waals surface area contributed by atoms with Gasteiger partial charge in [-0.25, -0.2) is 4.79 Å². The fourth-order valence-electron chi connectivity index (χ4n) is 2.53. The van der Waals surface area contributed by atoms with E-state index in [0.29, 0.717) is 24.0 Å². The molecule has 1 N–H and O–H groups in total. The summed E-state index contributed by atoms with van der Waals surface area (Å²) in [6, 6.07) is 19.4. The average Bonchev–Trinajstić information content (AvgIpc) is 3.03. The molecule has 7 nitrogen and oxygen atoms in total. The number of hydrogen-bond acceptors (Lipinski definition) is 5. The largest absolute Gasteiger partial charge is 0.450 e. The van der Waals surface area contributed by atoms with Crippen molar-refractivity contribution in [2.75, 3.05) is 6.61 Å². The standard InChI is InChI=1S/C20H21N5O2/c1-3-27-20(26)23-18(14-16-10-6-4-7-11-16)22-19-21-15(2)24-25(19)17-12-8-5-9-13-17/h4-13H,3,14H2,1-2H3,(H,21,22,23,24,26). The number of rotatable bonds is 5. The molecular weight excluding hydrogens is 342 g/mol. The Labute approximate surface area is 157 Å². The highest BCUT2D eigenvalue weighted by atomic mass is 16.5. The third-order valence-corrected chi connectivity index (χ3v) is 3.67. The van der Waals surface area contributed by atoms with Crippen LogP contribution in [0.3, 0.4) is 0 Å². The maximum absolute atomic E-state index is 11.9. The predicted octanol–water partition coefficient (Wildman–Crippen LogP) is 3.59. The first-order valence-corrected chi connectivity index (χ1v) is 8.70. The molecule has 0 aliphatic rings. The van der Waals surface area contributed by atoms with Crippen LogP contribution in [0.25, 0.3) is 5.69 Å². The summed E-state index contributed by atoms with van der Waals surface area (Å²) < 4.78 is 6.64. The zero-order chi connectivity index (χ0) is 19.1. The van der Waals surface area contributed by atoms with E-state index in [1.165, 1.54) is 0 Å². The number of nitrogens with one attached hydrogen (secondary N) is 1. The number of carbonyl (C=O) groups is 1. The van der Waals surface area contributed by atoms with Crippen LogP contribution in [-0.2, 0) is 11.2 Å². The van der Waals surface area contributed by atoms with Crippen LogP contribution >= 0.6 is 0 Å². The number of aliphatic imine (C=N–C) groups is 1. The maximum Gasteiger partial charge on any atom is 0.412 e. The topological polar surface area (TPSA) is 81.4 Å². The van der Waals surface area contributed by atoms with Gasteiger partial charge in [-0.15, -0.1) is 5.10 Å². The van der Waals surface area contributed by atoms with Gasteiger partial charge in [-0.05, 0) is 31.5 Å². The second-order valence-corrected chi connectivity index (χ2v) is 5.77. The zero-order valence-electron chi connectivity index (χ0n) is 15.3. The van der Waals surface area contributed by atoms with E-state index in [9.17, 15) is 4.79 Å². The van der Waals surface area contributed by atoms with Crippen molar-refractivity contribution in [2.24, 2.45) is 4.99 Å². The minimum Gasteiger partial charge on any atom is -0.450 e. The molecule has 1 amide bonds. The lowest BCUT2D eigenvalue weighted by molar-refractivity contribution is 0.157. The number of para-hydroxylation sites is 1. The van der Waals surface area contributed by atoms with Crippen LogP contribution in [0.2, 0.25) is 0 Å². The number of ether oxygens (including phenoxy) is 1. The van der Waals surface area contributed by atoms with Gasteiger partial charge in [-0.1, -0.05) is 48.5 Å². The summed E-state index contributed by atoms with van der Waals surface area (Å²) in [7, 11) is 0. The van der Waals surface area contributed by atoms with Crippen LogP contribution < -0.4 is 5.32 Å². The molecular formula is C20H21N5O2. The molecule has 0 radical (unpaired) electrons. The number of nitrogens with zero attached hydrogens (tertiary/aromatic N) is 4. The van der Waals surface area contributed by atoms with Gasteiger partial charge < -0.3 is 4.74 Å². The predicted molar refractivity (Wildman–Crippen MR) is 103 cm³/mol. The number of amidine groups is 1. The van der Waals surface area contributed by atoms with Crippen molar-refractivity contribution >= 4 is 17.9 Å². The first-order chi connectivity index (χ1) is 13.2. The number of amides is 1. The highest BCUT2D eigenvalue weighted by Gasteiger charge is 2.13. The van der Waals surface area contributed by atoms with Crippen LogP contribution in [0.15, 0.2) is 65.7 Å². The van der Waals surface area contributed by atoms with Crippen LogP contribution in [0.5, 0.6) is 0 Å². The second-order valence-electron chi connectivity index (χ2n) is 5.77. The van der Waals surface area contributed by atoms with Crippen molar-refractivity contribution in [1.29, 1.82) is 0 Å². The van der Waals surface area contributed by atoms with Crippen LogP contribution in [-0.4, -0.2) is 33.3 Å². The Kier molecular flexibility index (Phi) is 5.94. The molecule has 0 aliphatic heterocycles. The second kappa shape index (κ2) is 8.75. The number of alkyl carbamates (subject to hydrolysis) is 1. The van der Waals surface area contributed by atoms with Crippen LogP contribution in [0, 0.1) is 6.92 Å². The number of benzene rings is 2. The molecule has 0 aliphatic carbocycles. The molecule has 0 unspecified atom stereocenters. The SMILES string of the molecule is CCOC(=O)N/C(Cc1ccccc1)=N/c1nc(C)nn1-c1ccccc1. The van der Waals surface area contributed by atoms with Crippen molar-refractivity contribution in [3.8, 4) is 5.69 Å². The summed E-state index contributed by atoms with van der Waals surface area (Å²) >= 11 is 0. The fourth-order valence-corrected chi connectivity index (χ4v) is 2.53. The third kappa shape index (κ3) is 5.01. The monoisotopic (exact) mass is 363 g/mol. The summed E-state index contributed by atoms with van der Waals surface area (Å²) in [5, 5.41) is 7.12. The molecule has 1 aromatic heterocycles. The van der Waals surface area contributed by atoms with Gasteiger partial charge in [0.2, 0.25) is 0 Å². The average molecular weight is 363 g/mol. The van der Waals surface area contributed by atoms with E-state index < -0.39 is 6.09 Å². The molecule has 7 heteroatoms. The normalized spacial score (nSPS) is 11.3. The van der Waals surface area contributed by atoms with Crippen molar-refractivity contribution < 1.29 is 9.53 Å². The van der Waals surface area contributed by atoms with Gasteiger partial charge in [0, 0.05) is 6.42 Å². The smallest absolute Gasteiger partial charge is 0.412 e. The van der Waals surface area contributed by atoms with E-state index in [2.05, 4.69) is 20.4 Å². The molecule has 27 heavy (non-hydrogen) atoms. The van der Waals surface area contributed by atoms with E-state index in [-0.39, 0.29) is 6.61 Å². The van der Waals surface area contributed by atoms with E-state index in [4.69, 9.17) is 4.74 Å². The van der Waals surface area contributed by atoms with Gasteiger partial charge in [-0.3, -0.25) is 5.32 Å². The quantitative estimate of drug-likeness (QED) is 0.555.